The zero-order chi connectivity index (χ0) is 10.3. The molecule has 0 aromatic heterocycles. The van der Waals surface area contributed by atoms with E-state index in [4.69, 9.17) is 10.2 Å². The Kier molecular flexibility index (Phi) is 6.48. The van der Waals surface area contributed by atoms with E-state index in [1.54, 1.807) is 0 Å². The molecule has 0 fully saturated rings. The topological polar surface area (TPSA) is 81.6 Å². The fourth-order valence-electron chi connectivity index (χ4n) is 0.725. The maximum atomic E-state index is 11.1. The van der Waals surface area contributed by atoms with Gasteiger partial charge in [0.05, 0.1) is 25.8 Å². The molecule has 0 rings (SSSR count). The van der Waals surface area contributed by atoms with E-state index in [0.717, 1.165) is 0 Å². The molecule has 0 bridgehead atoms. The highest BCUT2D eigenvalue weighted by Gasteiger charge is 2.09. The molecular formula is C8H18N2O3. The third-order valence-corrected chi connectivity index (χ3v) is 1.48. The second-order valence-electron chi connectivity index (χ2n) is 3.17. The highest BCUT2D eigenvalue weighted by atomic mass is 16.3. The highest BCUT2D eigenvalue weighted by Crippen LogP contribution is 1.80. The molecule has 0 aliphatic heterocycles. The molecule has 0 saturated heterocycles. The van der Waals surface area contributed by atoms with Gasteiger partial charge in [-0.1, -0.05) is 13.8 Å². The number of hydrogen-bond acceptors (Lipinski definition) is 4. The molecular weight excluding hydrogens is 172 g/mol. The van der Waals surface area contributed by atoms with Crippen LogP contribution in [0.25, 0.3) is 0 Å². The van der Waals surface area contributed by atoms with Crippen LogP contribution in [0.1, 0.15) is 13.8 Å². The summed E-state index contributed by atoms with van der Waals surface area (Å²) in [7, 11) is 0. The van der Waals surface area contributed by atoms with E-state index in [-0.39, 0.29) is 31.7 Å². The number of nitrogens with one attached hydrogen (secondary N) is 2. The summed E-state index contributed by atoms with van der Waals surface area (Å²) in [5, 5.41) is 22.7. The Morgan fingerprint density at radius 3 is 2.23 bits per heavy atom. The van der Waals surface area contributed by atoms with Gasteiger partial charge in [0.1, 0.15) is 0 Å². The number of rotatable bonds is 6. The first-order chi connectivity index (χ1) is 6.10. The molecule has 78 valence electrons. The van der Waals surface area contributed by atoms with Crippen LogP contribution in [0, 0.1) is 0 Å². The predicted molar refractivity (Wildman–Crippen MR) is 49.2 cm³/mol. The van der Waals surface area contributed by atoms with Crippen LogP contribution in [-0.4, -0.2) is 48.0 Å². The Hall–Kier alpha value is -0.650. The van der Waals surface area contributed by atoms with E-state index in [1.807, 2.05) is 13.8 Å². The predicted octanol–water partition coefficient (Wildman–Crippen LogP) is -1.55. The first kappa shape index (κ1) is 12.3. The largest absolute Gasteiger partial charge is 0.394 e. The normalized spacial score (nSPS) is 10.9. The van der Waals surface area contributed by atoms with E-state index in [2.05, 4.69) is 10.6 Å². The summed E-state index contributed by atoms with van der Waals surface area (Å²) in [6, 6.07) is -0.311. The second-order valence-corrected chi connectivity index (χ2v) is 3.17. The van der Waals surface area contributed by atoms with Crippen LogP contribution in [0.4, 0.5) is 0 Å². The average molecular weight is 190 g/mol. The van der Waals surface area contributed by atoms with Crippen LogP contribution >= 0.6 is 0 Å². The Labute approximate surface area is 78.1 Å². The summed E-state index contributed by atoms with van der Waals surface area (Å²) in [6.07, 6.45) is 0. The highest BCUT2D eigenvalue weighted by molar-refractivity contribution is 5.78. The van der Waals surface area contributed by atoms with E-state index in [0.29, 0.717) is 0 Å². The van der Waals surface area contributed by atoms with Crippen molar-refractivity contribution in [2.45, 2.75) is 25.9 Å². The molecule has 0 radical (unpaired) electrons. The maximum absolute atomic E-state index is 11.1. The van der Waals surface area contributed by atoms with Gasteiger partial charge in [-0.05, 0) is 0 Å². The minimum atomic E-state index is -0.554. The third-order valence-electron chi connectivity index (χ3n) is 1.48. The number of carbonyl (C=O) groups is 1. The smallest absolute Gasteiger partial charge is 0.234 e. The van der Waals surface area contributed by atoms with E-state index >= 15 is 0 Å². The monoisotopic (exact) mass is 190 g/mol. The minimum absolute atomic E-state index is 0.203. The van der Waals surface area contributed by atoms with Crippen molar-refractivity contribution in [3.63, 3.8) is 0 Å². The molecule has 1 amide bonds. The first-order valence-electron chi connectivity index (χ1n) is 4.34. The fraction of sp³-hybridized carbons (Fsp3) is 0.875. The van der Waals surface area contributed by atoms with E-state index < -0.39 is 6.04 Å². The van der Waals surface area contributed by atoms with E-state index in [9.17, 15) is 4.79 Å². The van der Waals surface area contributed by atoms with Crippen LogP contribution in [0.15, 0.2) is 0 Å². The summed E-state index contributed by atoms with van der Waals surface area (Å²) in [5.74, 6) is -0.221. The molecule has 0 aliphatic carbocycles. The van der Waals surface area contributed by atoms with Crippen molar-refractivity contribution >= 4 is 5.91 Å². The molecule has 0 unspecified atom stereocenters. The quantitative estimate of drug-likeness (QED) is 0.409. The van der Waals surface area contributed by atoms with Gasteiger partial charge in [0, 0.05) is 6.04 Å². The van der Waals surface area contributed by atoms with Gasteiger partial charge < -0.3 is 20.8 Å². The van der Waals surface area contributed by atoms with Crippen LogP contribution in [0.5, 0.6) is 0 Å². The standard InChI is InChI=1S/C8H18N2O3/c1-6(2)9-3-8(13)10-7(4-11)5-12/h6-7,9,11-12H,3-5H2,1-2H3,(H,10,13). The van der Waals surface area contributed by atoms with Gasteiger partial charge >= 0.3 is 0 Å². The lowest BCUT2D eigenvalue weighted by Gasteiger charge is -2.14. The Morgan fingerprint density at radius 1 is 1.31 bits per heavy atom. The minimum Gasteiger partial charge on any atom is -0.394 e. The van der Waals surface area contributed by atoms with Gasteiger partial charge in [0.2, 0.25) is 5.91 Å². The van der Waals surface area contributed by atoms with Gasteiger partial charge in [-0.25, -0.2) is 0 Å². The summed E-state index contributed by atoms with van der Waals surface area (Å²) in [4.78, 5) is 11.1. The molecule has 0 heterocycles. The molecule has 0 atom stereocenters. The summed E-state index contributed by atoms with van der Waals surface area (Å²) >= 11 is 0. The summed E-state index contributed by atoms with van der Waals surface area (Å²) in [6.45, 7) is 3.58. The van der Waals surface area contributed by atoms with E-state index in [1.165, 1.54) is 0 Å². The maximum Gasteiger partial charge on any atom is 0.234 e. The van der Waals surface area contributed by atoms with Gasteiger partial charge in [0.15, 0.2) is 0 Å². The first-order valence-corrected chi connectivity index (χ1v) is 4.34. The zero-order valence-corrected chi connectivity index (χ0v) is 8.08. The molecule has 0 aromatic carbocycles. The molecule has 0 aliphatic rings. The number of carbonyl (C=O) groups excluding carboxylic acids is 1. The van der Waals surface area contributed by atoms with Crippen molar-refractivity contribution < 1.29 is 15.0 Å². The van der Waals surface area contributed by atoms with Gasteiger partial charge in [-0.15, -0.1) is 0 Å². The lowest BCUT2D eigenvalue weighted by Crippen LogP contribution is -2.45. The average Bonchev–Trinajstić information content (AvgIpc) is 2.10. The lowest BCUT2D eigenvalue weighted by atomic mass is 10.3. The molecule has 5 heteroatoms. The third kappa shape index (κ3) is 6.51. The van der Waals surface area contributed by atoms with Crippen molar-refractivity contribution in [2.24, 2.45) is 0 Å². The SMILES string of the molecule is CC(C)NCC(=O)NC(CO)CO. The van der Waals surface area contributed by atoms with Crippen LogP contribution in [0.2, 0.25) is 0 Å². The molecule has 5 nitrogen and oxygen atoms in total. The van der Waals surface area contributed by atoms with Gasteiger partial charge in [-0.3, -0.25) is 4.79 Å². The molecule has 4 N–H and O–H groups in total. The fourth-order valence-corrected chi connectivity index (χ4v) is 0.725. The molecule has 0 spiro atoms. The van der Waals surface area contributed by atoms with Crippen molar-refractivity contribution in [1.29, 1.82) is 0 Å². The number of aliphatic hydroxyl groups excluding tert-OH is 2. The van der Waals surface area contributed by atoms with Crippen molar-refractivity contribution in [1.82, 2.24) is 10.6 Å². The zero-order valence-electron chi connectivity index (χ0n) is 8.08. The Bertz CT molecular complexity index is 146. The number of amides is 1. The van der Waals surface area contributed by atoms with Crippen molar-refractivity contribution in [3.05, 3.63) is 0 Å². The van der Waals surface area contributed by atoms with Crippen molar-refractivity contribution in [2.75, 3.05) is 19.8 Å². The van der Waals surface area contributed by atoms with Crippen LogP contribution in [-0.2, 0) is 4.79 Å². The Morgan fingerprint density at radius 2 is 1.85 bits per heavy atom. The van der Waals surface area contributed by atoms with Crippen LogP contribution < -0.4 is 10.6 Å². The van der Waals surface area contributed by atoms with Crippen LogP contribution in [0.3, 0.4) is 0 Å². The Balaban J connectivity index is 3.60. The summed E-state index contributed by atoms with van der Waals surface area (Å²) < 4.78 is 0. The molecule has 13 heavy (non-hydrogen) atoms. The second kappa shape index (κ2) is 6.82. The van der Waals surface area contributed by atoms with Gasteiger partial charge in [-0.2, -0.15) is 0 Å². The lowest BCUT2D eigenvalue weighted by molar-refractivity contribution is -0.121. The number of hydrogen-bond donors (Lipinski definition) is 4. The molecule has 0 saturated carbocycles. The molecule has 0 aromatic rings. The summed E-state index contributed by atoms with van der Waals surface area (Å²) in [5.41, 5.74) is 0. The number of aliphatic hydroxyl groups is 2. The van der Waals surface area contributed by atoms with Gasteiger partial charge in [0.25, 0.3) is 0 Å². The van der Waals surface area contributed by atoms with Crippen molar-refractivity contribution in [3.8, 4) is 0 Å².